The Labute approximate surface area is 295 Å². The molecule has 0 atom stereocenters. The van der Waals surface area contributed by atoms with Crippen molar-refractivity contribution in [2.45, 2.75) is 0 Å². The monoisotopic (exact) mass is 673 g/mol. The van der Waals surface area contributed by atoms with Gasteiger partial charge in [0.15, 0.2) is 0 Å². The van der Waals surface area contributed by atoms with Crippen LogP contribution in [-0.4, -0.2) is 0 Å². The summed E-state index contributed by atoms with van der Waals surface area (Å²) < 4.78 is 11.6. The zero-order valence-corrected chi connectivity index (χ0v) is 28.4. The molecule has 3 aromatic heterocycles. The maximum atomic E-state index is 6.40. The summed E-state index contributed by atoms with van der Waals surface area (Å²) in [6.45, 7) is 0. The molecule has 0 saturated heterocycles. The van der Waals surface area contributed by atoms with Crippen LogP contribution in [0, 0.1) is 0 Å². The van der Waals surface area contributed by atoms with Gasteiger partial charge in [0.05, 0.1) is 0 Å². The van der Waals surface area contributed by atoms with E-state index in [4.69, 9.17) is 4.42 Å². The molecular formula is C46H27NOS2. The first kappa shape index (κ1) is 28.0. The zero-order valence-electron chi connectivity index (χ0n) is 26.8. The van der Waals surface area contributed by atoms with Gasteiger partial charge in [0.25, 0.3) is 0 Å². The summed E-state index contributed by atoms with van der Waals surface area (Å²) in [5.74, 6) is 0. The maximum Gasteiger partial charge on any atom is 0.143 e. The standard InChI is InChI=1S/C46H27NOS2/c1-2-13-37-32(9-1)38(27-40-33-10-3-6-14-41(33)48-46(37)40)28-17-19-29(20-18-28)47(30-22-24-44-39(25-30)35-12-5-8-16-43(35)49-44)31-21-23-36-34-11-4-7-15-42(34)50-45(36)26-31/h1-27H. The average molecular weight is 674 g/mol. The van der Waals surface area contributed by atoms with Gasteiger partial charge in [0, 0.05) is 73.6 Å². The highest BCUT2D eigenvalue weighted by atomic mass is 32.1. The third-order valence-electron chi connectivity index (χ3n) is 10.1. The summed E-state index contributed by atoms with van der Waals surface area (Å²) in [5.41, 5.74) is 7.65. The van der Waals surface area contributed by atoms with Gasteiger partial charge in [-0.3, -0.25) is 0 Å². The van der Waals surface area contributed by atoms with E-state index in [1.54, 1.807) is 0 Å². The second-order valence-corrected chi connectivity index (χ2v) is 15.1. The number of benzene rings is 8. The van der Waals surface area contributed by atoms with Gasteiger partial charge in [-0.2, -0.15) is 0 Å². The van der Waals surface area contributed by atoms with Gasteiger partial charge >= 0.3 is 0 Å². The number of fused-ring (bicyclic) bond motifs is 11. The van der Waals surface area contributed by atoms with E-state index in [1.165, 1.54) is 56.9 Å². The number of rotatable bonds is 4. The fraction of sp³-hybridized carbons (Fsp3) is 0. The zero-order chi connectivity index (χ0) is 32.8. The van der Waals surface area contributed by atoms with Gasteiger partial charge in [0.2, 0.25) is 0 Å². The Morgan fingerprint density at radius 3 is 1.72 bits per heavy atom. The fourth-order valence-corrected chi connectivity index (χ4v) is 9.96. The van der Waals surface area contributed by atoms with Crippen molar-refractivity contribution in [3.63, 3.8) is 0 Å². The molecule has 0 radical (unpaired) electrons. The molecule has 50 heavy (non-hydrogen) atoms. The largest absolute Gasteiger partial charge is 0.455 e. The minimum atomic E-state index is 0.918. The van der Waals surface area contributed by atoms with Gasteiger partial charge in [0.1, 0.15) is 11.2 Å². The molecule has 0 bridgehead atoms. The summed E-state index contributed by atoms with van der Waals surface area (Å²) in [6, 6.07) is 59.6. The molecule has 0 fully saturated rings. The molecule has 0 aliphatic carbocycles. The topological polar surface area (TPSA) is 16.4 Å². The first-order valence-corrected chi connectivity index (χ1v) is 18.5. The molecule has 11 rings (SSSR count). The maximum absolute atomic E-state index is 6.40. The van der Waals surface area contributed by atoms with Crippen LogP contribution < -0.4 is 4.90 Å². The molecule has 0 unspecified atom stereocenters. The highest BCUT2D eigenvalue weighted by Gasteiger charge is 2.18. The van der Waals surface area contributed by atoms with Crippen LogP contribution in [0.2, 0.25) is 0 Å². The van der Waals surface area contributed by atoms with E-state index in [1.807, 2.05) is 28.7 Å². The van der Waals surface area contributed by atoms with E-state index >= 15 is 0 Å². The summed E-state index contributed by atoms with van der Waals surface area (Å²) in [7, 11) is 0. The molecule has 4 heteroatoms. The van der Waals surface area contributed by atoms with Gasteiger partial charge in [-0.25, -0.2) is 0 Å². The minimum Gasteiger partial charge on any atom is -0.455 e. The van der Waals surface area contributed by atoms with Gasteiger partial charge < -0.3 is 9.32 Å². The van der Waals surface area contributed by atoms with Crippen LogP contribution in [0.3, 0.4) is 0 Å². The fourth-order valence-electron chi connectivity index (χ4n) is 7.73. The first-order chi connectivity index (χ1) is 24.8. The Morgan fingerprint density at radius 1 is 0.360 bits per heavy atom. The number of hydrogen-bond acceptors (Lipinski definition) is 4. The number of para-hydroxylation sites is 1. The quantitative estimate of drug-likeness (QED) is 0.185. The Morgan fingerprint density at radius 2 is 0.920 bits per heavy atom. The highest BCUT2D eigenvalue weighted by molar-refractivity contribution is 7.26. The van der Waals surface area contributed by atoms with Crippen LogP contribution in [-0.2, 0) is 0 Å². The van der Waals surface area contributed by atoms with Gasteiger partial charge in [-0.15, -0.1) is 22.7 Å². The second-order valence-electron chi connectivity index (χ2n) is 12.9. The lowest BCUT2D eigenvalue weighted by atomic mass is 9.95. The normalized spacial score (nSPS) is 12.0. The van der Waals surface area contributed by atoms with E-state index in [-0.39, 0.29) is 0 Å². The number of anilines is 3. The molecule has 2 nitrogen and oxygen atoms in total. The lowest BCUT2D eigenvalue weighted by molar-refractivity contribution is 0.672. The summed E-state index contributed by atoms with van der Waals surface area (Å²) in [4.78, 5) is 2.41. The SMILES string of the molecule is c1ccc2c(c1)oc1c3ccccc3c(-c3ccc(N(c4ccc5c(c4)sc4ccccc45)c4ccc5sc6ccccc6c5c4)cc3)cc21. The summed E-state index contributed by atoms with van der Waals surface area (Å²) in [6.07, 6.45) is 0. The third kappa shape index (κ3) is 4.19. The Kier molecular flexibility index (Phi) is 6.03. The molecule has 0 saturated carbocycles. The highest BCUT2D eigenvalue weighted by Crippen LogP contribution is 2.45. The van der Waals surface area contributed by atoms with Gasteiger partial charge in [-0.1, -0.05) is 97.1 Å². The molecular weight excluding hydrogens is 647 g/mol. The van der Waals surface area contributed by atoms with E-state index in [9.17, 15) is 0 Å². The number of hydrogen-bond donors (Lipinski definition) is 0. The average Bonchev–Trinajstić information content (AvgIpc) is 3.86. The first-order valence-electron chi connectivity index (χ1n) is 16.8. The molecule has 11 aromatic rings. The molecule has 0 N–H and O–H groups in total. The number of furan rings is 1. The van der Waals surface area contributed by atoms with Crippen LogP contribution in [0.1, 0.15) is 0 Å². The molecule has 0 aliphatic heterocycles. The molecule has 0 amide bonds. The lowest BCUT2D eigenvalue weighted by Gasteiger charge is -2.26. The molecule has 234 valence electrons. The minimum absolute atomic E-state index is 0.918. The summed E-state index contributed by atoms with van der Waals surface area (Å²) in [5, 5.41) is 9.83. The van der Waals surface area contributed by atoms with Crippen molar-refractivity contribution in [1.29, 1.82) is 0 Å². The summed E-state index contributed by atoms with van der Waals surface area (Å²) >= 11 is 3.72. The molecule has 3 heterocycles. The Balaban J connectivity index is 1.10. The Bertz CT molecular complexity index is 3110. The van der Waals surface area contributed by atoms with Crippen molar-refractivity contribution in [1.82, 2.24) is 0 Å². The van der Waals surface area contributed by atoms with E-state index in [2.05, 4.69) is 163 Å². The smallest absolute Gasteiger partial charge is 0.143 e. The van der Waals surface area contributed by atoms with Crippen molar-refractivity contribution >= 4 is 113 Å². The van der Waals surface area contributed by atoms with Crippen LogP contribution >= 0.6 is 22.7 Å². The van der Waals surface area contributed by atoms with Crippen LogP contribution in [0.15, 0.2) is 168 Å². The van der Waals surface area contributed by atoms with Gasteiger partial charge in [-0.05, 0) is 83.2 Å². The molecule has 8 aromatic carbocycles. The number of thiophene rings is 2. The molecule has 0 aliphatic rings. The van der Waals surface area contributed by atoms with Crippen molar-refractivity contribution < 1.29 is 4.42 Å². The number of nitrogens with zero attached hydrogens (tertiary/aromatic N) is 1. The van der Waals surface area contributed by atoms with Crippen LogP contribution in [0.4, 0.5) is 17.1 Å². The van der Waals surface area contributed by atoms with Crippen molar-refractivity contribution in [2.75, 3.05) is 4.90 Å². The predicted molar refractivity (Wildman–Crippen MR) is 217 cm³/mol. The predicted octanol–water partition coefficient (Wildman–Crippen LogP) is 14.6. The van der Waals surface area contributed by atoms with Crippen LogP contribution in [0.25, 0.3) is 84.2 Å². The van der Waals surface area contributed by atoms with Crippen molar-refractivity contribution in [3.8, 4) is 11.1 Å². The Hall–Kier alpha value is -5.94. The molecule has 0 spiro atoms. The lowest BCUT2D eigenvalue weighted by Crippen LogP contribution is -2.09. The van der Waals surface area contributed by atoms with E-state index in [0.717, 1.165) is 44.4 Å². The van der Waals surface area contributed by atoms with Crippen molar-refractivity contribution in [2.24, 2.45) is 0 Å². The van der Waals surface area contributed by atoms with E-state index in [0.29, 0.717) is 0 Å². The van der Waals surface area contributed by atoms with E-state index < -0.39 is 0 Å². The van der Waals surface area contributed by atoms with Crippen molar-refractivity contribution in [3.05, 3.63) is 164 Å². The third-order valence-corrected chi connectivity index (χ3v) is 12.3. The van der Waals surface area contributed by atoms with Crippen LogP contribution in [0.5, 0.6) is 0 Å². The second kappa shape index (κ2) is 10.8.